The Hall–Kier alpha value is -7.33. The summed E-state index contributed by atoms with van der Waals surface area (Å²) < 4.78 is 93.2. The molecular formula is C58H40N4OPt-2. The van der Waals surface area contributed by atoms with E-state index in [1.54, 1.807) is 28.8 Å². The monoisotopic (exact) mass is 1010 g/mol. The first-order valence-electron chi connectivity index (χ1n) is 25.1. The predicted molar refractivity (Wildman–Crippen MR) is 254 cm³/mol. The molecule has 0 N–H and O–H groups in total. The van der Waals surface area contributed by atoms with Gasteiger partial charge in [-0.25, -0.2) is 4.98 Å². The van der Waals surface area contributed by atoms with Crippen LogP contribution >= 0.6 is 0 Å². The van der Waals surface area contributed by atoms with Crippen LogP contribution in [-0.2, 0) is 26.5 Å². The Morgan fingerprint density at radius 3 is 2.08 bits per heavy atom. The first kappa shape index (κ1) is 30.7. The van der Waals surface area contributed by atoms with E-state index < -0.39 is 42.3 Å². The number of hydrogen-bond donors (Lipinski definition) is 0. The van der Waals surface area contributed by atoms with Crippen molar-refractivity contribution in [2.75, 3.05) is 0 Å². The van der Waals surface area contributed by atoms with Gasteiger partial charge in [-0.15, -0.1) is 29.7 Å². The summed E-state index contributed by atoms with van der Waals surface area (Å²) in [5.74, 6) is 1.60. The van der Waals surface area contributed by atoms with Crippen molar-refractivity contribution in [1.29, 1.82) is 0 Å². The normalized spacial score (nSPS) is 13.8. The molecule has 1 aliphatic rings. The van der Waals surface area contributed by atoms with Crippen LogP contribution in [0.25, 0.3) is 94.5 Å². The Morgan fingerprint density at radius 1 is 0.594 bits per heavy atom. The third-order valence-electron chi connectivity index (χ3n) is 11.8. The largest absolute Gasteiger partial charge is 0.510 e. The Bertz CT molecular complexity index is 4110. The number of fused-ring (bicyclic) bond motifs is 10. The summed E-state index contributed by atoms with van der Waals surface area (Å²) >= 11 is 0. The molecule has 0 spiro atoms. The standard InChI is InChI=1S/C58H40N4O.Pt/c1-58(2,3)39-32-33-59-55(34-39)62-52-28-12-11-24-48(52)49-31-30-42(36-54(49)62)63-41-19-13-18-40(35-41)60-37-61-56-43(38-16-5-4-6-17-38)25-14-26-50(56)46-22-9-7-20-44(46)45-21-8-10-23-47(45)51-27-15-29-53(60)57(51)61;/h4-34H,1-3H3;/q-2;/i4D,5D,6D,7D,9D,16D,17D,20D,22D;. The average Bonchev–Trinajstić information content (AvgIpc) is 3.94. The average molecular weight is 1010 g/mol. The number of ether oxygens (including phenoxy) is 1. The van der Waals surface area contributed by atoms with Gasteiger partial charge in [0, 0.05) is 44.3 Å². The van der Waals surface area contributed by atoms with E-state index in [0.717, 1.165) is 33.2 Å². The summed E-state index contributed by atoms with van der Waals surface area (Å²) in [5, 5.41) is 2.04. The van der Waals surface area contributed by atoms with Crippen LogP contribution in [0.3, 0.4) is 0 Å². The van der Waals surface area contributed by atoms with E-state index in [4.69, 9.17) is 16.6 Å². The first-order valence-corrected chi connectivity index (χ1v) is 20.6. The van der Waals surface area contributed by atoms with E-state index in [1.165, 1.54) is 0 Å². The molecule has 1 aliphatic heterocycles. The number of rotatable bonds is 5. The van der Waals surface area contributed by atoms with Gasteiger partial charge in [0.25, 0.3) is 6.33 Å². The second-order valence-corrected chi connectivity index (χ2v) is 16.5. The number of aromatic nitrogens is 4. The molecule has 0 atom stereocenters. The number of nitrogens with zero attached hydrogens (tertiary/aromatic N) is 4. The molecule has 0 saturated heterocycles. The van der Waals surface area contributed by atoms with Crippen LogP contribution in [0.4, 0.5) is 0 Å². The fourth-order valence-electron chi connectivity index (χ4n) is 8.86. The number of para-hydroxylation sites is 3. The second-order valence-electron chi connectivity index (χ2n) is 16.5. The summed E-state index contributed by atoms with van der Waals surface area (Å²) in [5.41, 5.74) is 7.73. The minimum absolute atomic E-state index is 0. The summed E-state index contributed by atoms with van der Waals surface area (Å²) in [6.45, 7) is 6.53. The van der Waals surface area contributed by atoms with Crippen LogP contribution in [0.5, 0.6) is 11.5 Å². The molecular weight excluding hydrogens is 964 g/mol. The van der Waals surface area contributed by atoms with Gasteiger partial charge in [-0.05, 0) is 84.8 Å². The SMILES string of the molecule is [2H]c1c([2H])c([2H])c(-c2cccc3c2-[n+]2[c-]n(-c4[c-]c(Oc5[c-]c6c(cc5)c5ccccc5n6-c5cc(C(C)(C)C)ccn5)ccc4)c4cccc(c42)-c2ccccc2-c2c([2H])c([2H])c([2H])c([2H])c2-3)c([2H])c1[2H].[Pt]. The van der Waals surface area contributed by atoms with E-state index in [9.17, 15) is 5.48 Å². The molecule has 6 heteroatoms. The fraction of sp³-hybridized carbons (Fsp3) is 0.0690. The summed E-state index contributed by atoms with van der Waals surface area (Å²) in [4.78, 5) is 4.82. The van der Waals surface area contributed by atoms with Crippen LogP contribution < -0.4 is 9.30 Å². The van der Waals surface area contributed by atoms with Crippen molar-refractivity contribution in [3.8, 4) is 73.2 Å². The number of imidazole rings is 1. The van der Waals surface area contributed by atoms with E-state index in [-0.39, 0.29) is 60.8 Å². The summed E-state index contributed by atoms with van der Waals surface area (Å²) in [7, 11) is 0. The molecule has 0 amide bonds. The van der Waals surface area contributed by atoms with Crippen molar-refractivity contribution >= 4 is 32.8 Å². The van der Waals surface area contributed by atoms with Crippen LogP contribution in [-0.4, -0.2) is 14.1 Å². The van der Waals surface area contributed by atoms with Crippen molar-refractivity contribution in [3.05, 3.63) is 212 Å². The smallest absolute Gasteiger partial charge is 0.268 e. The zero-order valence-corrected chi connectivity index (χ0v) is 37.0. The maximum atomic E-state index is 9.50. The Morgan fingerprint density at radius 2 is 1.25 bits per heavy atom. The van der Waals surface area contributed by atoms with E-state index in [1.807, 2.05) is 95.7 Å². The molecule has 0 radical (unpaired) electrons. The number of benzene rings is 8. The molecule has 0 bridgehead atoms. The van der Waals surface area contributed by atoms with Crippen molar-refractivity contribution in [2.45, 2.75) is 26.2 Å². The molecule has 0 saturated carbocycles. The van der Waals surface area contributed by atoms with Crippen LogP contribution in [0.2, 0.25) is 0 Å². The molecule has 12 rings (SSSR count). The van der Waals surface area contributed by atoms with Gasteiger partial charge in [-0.3, -0.25) is 4.57 Å². The van der Waals surface area contributed by atoms with Crippen molar-refractivity contribution < 1.29 is 42.7 Å². The molecule has 11 aromatic rings. The minimum atomic E-state index is -0.544. The fourth-order valence-corrected chi connectivity index (χ4v) is 8.86. The predicted octanol–water partition coefficient (Wildman–Crippen LogP) is 13.9. The molecule has 8 aromatic carbocycles. The second kappa shape index (κ2) is 15.5. The van der Waals surface area contributed by atoms with Crippen LogP contribution in [0.1, 0.15) is 38.7 Å². The van der Waals surface area contributed by atoms with Gasteiger partial charge in [-0.2, -0.15) is 18.2 Å². The number of pyridine rings is 1. The maximum Gasteiger partial charge on any atom is 0.268 e. The Balaban J connectivity index is 0.00000574. The quantitative estimate of drug-likeness (QED) is 0.127. The van der Waals surface area contributed by atoms with Gasteiger partial charge in [0.2, 0.25) is 0 Å². The Kier molecular flexibility index (Phi) is 7.42. The van der Waals surface area contributed by atoms with Gasteiger partial charge in [0.15, 0.2) is 0 Å². The zero-order chi connectivity index (χ0) is 50.1. The van der Waals surface area contributed by atoms with Gasteiger partial charge < -0.3 is 13.9 Å². The maximum absolute atomic E-state index is 9.50. The van der Waals surface area contributed by atoms with Crippen LogP contribution in [0.15, 0.2) is 188 Å². The van der Waals surface area contributed by atoms with E-state index >= 15 is 0 Å². The summed E-state index contributed by atoms with van der Waals surface area (Å²) in [6.07, 6.45) is 5.40. The van der Waals surface area contributed by atoms with Gasteiger partial charge >= 0.3 is 0 Å². The molecule has 0 fully saturated rings. The van der Waals surface area contributed by atoms with Gasteiger partial charge in [-0.1, -0.05) is 160 Å². The summed E-state index contributed by atoms with van der Waals surface area (Å²) in [6, 6.07) is 43.3. The molecule has 0 unspecified atom stereocenters. The van der Waals surface area contributed by atoms with E-state index in [0.29, 0.717) is 56.2 Å². The Labute approximate surface area is 399 Å². The molecule has 5 nitrogen and oxygen atoms in total. The van der Waals surface area contributed by atoms with Crippen molar-refractivity contribution in [2.24, 2.45) is 0 Å². The number of hydrogen-bond acceptors (Lipinski definition) is 2. The minimum Gasteiger partial charge on any atom is -0.510 e. The molecule has 64 heavy (non-hydrogen) atoms. The third-order valence-corrected chi connectivity index (χ3v) is 11.8. The third kappa shape index (κ3) is 6.42. The molecule has 3 aromatic heterocycles. The van der Waals surface area contributed by atoms with Crippen molar-refractivity contribution in [3.63, 3.8) is 0 Å². The van der Waals surface area contributed by atoms with Crippen molar-refractivity contribution in [1.82, 2.24) is 14.1 Å². The first-order chi connectivity index (χ1) is 34.6. The van der Waals surface area contributed by atoms with E-state index in [2.05, 4.69) is 62.0 Å². The molecule has 0 aliphatic carbocycles. The van der Waals surface area contributed by atoms with Gasteiger partial charge in [0.1, 0.15) is 5.82 Å². The topological polar surface area (TPSA) is 35.9 Å². The van der Waals surface area contributed by atoms with Crippen LogP contribution in [0, 0.1) is 18.5 Å². The van der Waals surface area contributed by atoms with Gasteiger partial charge in [0.05, 0.1) is 29.1 Å². The molecule has 310 valence electrons. The molecule has 4 heterocycles. The zero-order valence-electron chi connectivity index (χ0n) is 43.7.